The summed E-state index contributed by atoms with van der Waals surface area (Å²) in [4.78, 5) is 0. The maximum atomic E-state index is 8.52. The van der Waals surface area contributed by atoms with E-state index in [4.69, 9.17) is 17.5 Å². The van der Waals surface area contributed by atoms with E-state index < -0.39 is 10.4 Å². The first-order chi connectivity index (χ1) is 3.73. The molecule has 0 aliphatic rings. The topological polar surface area (TPSA) is 80.3 Å². The molecule has 0 aromatic carbocycles. The largest absolute Gasteiger partial charge is 1.00 e. The predicted octanol–water partition coefficient (Wildman–Crippen LogP) is -2.75. The Morgan fingerprint density at radius 1 is 1.30 bits per heavy atom. The Morgan fingerprint density at radius 3 is 1.30 bits per heavy atom. The van der Waals surface area contributed by atoms with Crippen molar-refractivity contribution in [3.05, 3.63) is 12.2 Å². The van der Waals surface area contributed by atoms with Crippen molar-refractivity contribution in [2.24, 2.45) is 0 Å². The molecule has 0 atom stereocenters. The van der Waals surface area contributed by atoms with Crippen LogP contribution in [0.1, 0.15) is 13.8 Å². The zero-order valence-electron chi connectivity index (χ0n) is 6.25. The van der Waals surface area contributed by atoms with Gasteiger partial charge in [-0.3, -0.25) is 8.42 Å². The molecule has 0 rings (SSSR count). The second kappa shape index (κ2) is 7.71. The van der Waals surface area contributed by atoms with Gasteiger partial charge in [0.2, 0.25) is 0 Å². The van der Waals surface area contributed by atoms with E-state index in [0.717, 1.165) is 0 Å². The third-order valence-electron chi connectivity index (χ3n) is 0. The maximum absolute atomic E-state index is 8.52. The summed E-state index contributed by atoms with van der Waals surface area (Å²) in [6, 6.07) is 0. The second-order valence-electron chi connectivity index (χ2n) is 1.62. The minimum Gasteiger partial charge on any atom is -0.759 e. The second-order valence-corrected chi connectivity index (χ2v) is 2.43. The van der Waals surface area contributed by atoms with E-state index in [1.807, 2.05) is 13.8 Å². The molecule has 0 saturated heterocycles. The maximum Gasteiger partial charge on any atom is 1.00 e. The van der Waals surface area contributed by atoms with Crippen LogP contribution < -0.4 is 29.6 Å². The van der Waals surface area contributed by atoms with Crippen LogP contribution in [0.4, 0.5) is 0 Å². The first-order valence-corrected chi connectivity index (χ1v) is 3.35. The fourth-order valence-corrected chi connectivity index (χ4v) is 0. The van der Waals surface area contributed by atoms with Crippen molar-refractivity contribution in [2.75, 3.05) is 0 Å². The Hall–Kier alpha value is 0.610. The van der Waals surface area contributed by atoms with Crippen molar-refractivity contribution in [1.29, 1.82) is 0 Å². The van der Waals surface area contributed by atoms with E-state index in [1.165, 1.54) is 5.57 Å². The molecule has 0 bridgehead atoms. The zero-order chi connectivity index (χ0) is 8.08. The first-order valence-electron chi connectivity index (χ1n) is 2.02. The first kappa shape index (κ1) is 16.9. The molecule has 0 aromatic rings. The van der Waals surface area contributed by atoms with Crippen LogP contribution in [-0.4, -0.2) is 17.5 Å². The van der Waals surface area contributed by atoms with Gasteiger partial charge >= 0.3 is 29.6 Å². The summed E-state index contributed by atoms with van der Waals surface area (Å²) in [6.45, 7) is 7.50. The quantitative estimate of drug-likeness (QED) is 0.173. The van der Waals surface area contributed by atoms with Crippen molar-refractivity contribution < 1.29 is 47.1 Å². The SMILES string of the molecule is C=C(C)C.O=S(=O)([O-])[O-].[Na+]. The van der Waals surface area contributed by atoms with E-state index in [-0.39, 0.29) is 29.6 Å². The van der Waals surface area contributed by atoms with Gasteiger partial charge in [0.25, 0.3) is 0 Å². The molecule has 10 heavy (non-hydrogen) atoms. The van der Waals surface area contributed by atoms with E-state index in [2.05, 4.69) is 6.58 Å². The predicted molar refractivity (Wildman–Crippen MR) is 31.0 cm³/mol. The molecule has 0 heterocycles. The van der Waals surface area contributed by atoms with Gasteiger partial charge in [-0.25, -0.2) is 0 Å². The monoisotopic (exact) mass is 175 g/mol. The van der Waals surface area contributed by atoms with Crippen LogP contribution in [0.3, 0.4) is 0 Å². The molecular weight excluding hydrogens is 167 g/mol. The summed E-state index contributed by atoms with van der Waals surface area (Å²) in [5, 5.41) is 0. The van der Waals surface area contributed by atoms with Gasteiger partial charge in [-0.2, -0.15) is 0 Å². The van der Waals surface area contributed by atoms with Gasteiger partial charge in [-0.05, 0) is 13.8 Å². The van der Waals surface area contributed by atoms with Gasteiger partial charge in [0, 0.05) is 10.4 Å². The van der Waals surface area contributed by atoms with Crippen molar-refractivity contribution in [1.82, 2.24) is 0 Å². The van der Waals surface area contributed by atoms with E-state index >= 15 is 0 Å². The van der Waals surface area contributed by atoms with Crippen LogP contribution in [0.5, 0.6) is 0 Å². The summed E-state index contributed by atoms with van der Waals surface area (Å²) in [5.74, 6) is 0. The fraction of sp³-hybridized carbons (Fsp3) is 0.500. The standard InChI is InChI=1S/C4H8.Na.H2O4S/c1-4(2)3;;1-5(2,3)4/h1H2,2-3H3;;(H2,1,2,3,4)/q;+1;/p-2. The van der Waals surface area contributed by atoms with Gasteiger partial charge in [0.15, 0.2) is 0 Å². The van der Waals surface area contributed by atoms with Crippen LogP contribution in [-0.2, 0) is 10.4 Å². The van der Waals surface area contributed by atoms with Crippen LogP contribution in [0, 0.1) is 0 Å². The average Bonchev–Trinajstić information content (AvgIpc) is 1.19. The summed E-state index contributed by atoms with van der Waals surface area (Å²) in [7, 11) is -5.17. The molecule has 0 spiro atoms. The Bertz CT molecular complexity index is 160. The van der Waals surface area contributed by atoms with Crippen LogP contribution in [0.15, 0.2) is 12.2 Å². The number of hydrogen-bond acceptors (Lipinski definition) is 4. The van der Waals surface area contributed by atoms with E-state index in [0.29, 0.717) is 0 Å². The van der Waals surface area contributed by atoms with E-state index in [1.54, 1.807) is 0 Å². The Labute approximate surface area is 83.2 Å². The smallest absolute Gasteiger partial charge is 0.759 e. The van der Waals surface area contributed by atoms with Gasteiger partial charge in [-0.1, -0.05) is 5.57 Å². The minimum absolute atomic E-state index is 0. The number of hydrogen-bond donors (Lipinski definition) is 0. The summed E-state index contributed by atoms with van der Waals surface area (Å²) >= 11 is 0. The van der Waals surface area contributed by atoms with Crippen molar-refractivity contribution in [3.63, 3.8) is 0 Å². The van der Waals surface area contributed by atoms with Crippen molar-refractivity contribution in [2.45, 2.75) is 13.8 Å². The third kappa shape index (κ3) is 1340. The number of rotatable bonds is 0. The summed E-state index contributed by atoms with van der Waals surface area (Å²) < 4.78 is 34.1. The molecule has 0 radical (unpaired) electrons. The zero-order valence-corrected chi connectivity index (χ0v) is 9.06. The average molecular weight is 175 g/mol. The normalized spacial score (nSPS) is 8.40. The molecule has 0 aliphatic heterocycles. The van der Waals surface area contributed by atoms with Crippen LogP contribution >= 0.6 is 0 Å². The van der Waals surface area contributed by atoms with Crippen molar-refractivity contribution >= 4 is 10.4 Å². The molecule has 6 heteroatoms. The number of allylic oxidation sites excluding steroid dienone is 1. The van der Waals surface area contributed by atoms with Gasteiger partial charge in [-0.15, -0.1) is 6.58 Å². The molecule has 0 N–H and O–H groups in total. The molecule has 0 aromatic heterocycles. The summed E-state index contributed by atoms with van der Waals surface area (Å²) in [6.07, 6.45) is 0. The Balaban J connectivity index is -0.0000000910. The Morgan fingerprint density at radius 2 is 1.30 bits per heavy atom. The molecular formula is C4H8NaO4S-. The van der Waals surface area contributed by atoms with Crippen LogP contribution in [0.25, 0.3) is 0 Å². The van der Waals surface area contributed by atoms with Crippen molar-refractivity contribution in [3.8, 4) is 0 Å². The molecule has 0 amide bonds. The van der Waals surface area contributed by atoms with E-state index in [9.17, 15) is 0 Å². The van der Waals surface area contributed by atoms with Crippen LogP contribution in [0.2, 0.25) is 0 Å². The molecule has 4 nitrogen and oxygen atoms in total. The third-order valence-corrected chi connectivity index (χ3v) is 0. The van der Waals surface area contributed by atoms with Gasteiger partial charge in [0.1, 0.15) is 0 Å². The molecule has 0 unspecified atom stereocenters. The van der Waals surface area contributed by atoms with Gasteiger partial charge < -0.3 is 9.11 Å². The minimum atomic E-state index is -5.17. The molecule has 0 fully saturated rings. The summed E-state index contributed by atoms with van der Waals surface area (Å²) in [5.41, 5.74) is 1.17. The Kier molecular flexibility index (Phi) is 13.1. The molecule has 0 aliphatic carbocycles. The molecule has 0 saturated carbocycles. The fourth-order valence-electron chi connectivity index (χ4n) is 0. The molecule has 56 valence electrons. The van der Waals surface area contributed by atoms with Gasteiger partial charge in [0.05, 0.1) is 0 Å².